The van der Waals surface area contributed by atoms with Crippen LogP contribution in [-0.4, -0.2) is 27.6 Å². The number of aryl methyl sites for hydroxylation is 1. The minimum atomic E-state index is -1.54. The van der Waals surface area contributed by atoms with E-state index in [2.05, 4.69) is 15.3 Å². The molecule has 20 heavy (non-hydrogen) atoms. The number of imidazole rings is 1. The van der Waals surface area contributed by atoms with E-state index in [-0.39, 0.29) is 6.04 Å². The van der Waals surface area contributed by atoms with Gasteiger partial charge in [0.15, 0.2) is 11.5 Å². The van der Waals surface area contributed by atoms with Gasteiger partial charge in [-0.05, 0) is 44.5 Å². The fourth-order valence-electron chi connectivity index (χ4n) is 2.69. The van der Waals surface area contributed by atoms with E-state index >= 15 is 0 Å². The fourth-order valence-corrected chi connectivity index (χ4v) is 3.09. The largest absolute Gasteiger partial charge is 0.317 e. The lowest BCUT2D eigenvalue weighted by atomic mass is 10.1. The zero-order chi connectivity index (χ0) is 14.3. The molecule has 0 atom stereocenters. The van der Waals surface area contributed by atoms with Crippen LogP contribution in [0, 0.1) is 6.92 Å². The van der Waals surface area contributed by atoms with Crippen LogP contribution < -0.4 is 5.32 Å². The predicted molar refractivity (Wildman–Crippen MR) is 82.6 cm³/mol. The molecule has 1 N–H and O–H groups in total. The molecule has 1 saturated heterocycles. The molecule has 7 heteroatoms. The van der Waals surface area contributed by atoms with E-state index in [1.807, 2.05) is 23.8 Å². The highest BCUT2D eigenvalue weighted by Gasteiger charge is 2.33. The van der Waals surface area contributed by atoms with Gasteiger partial charge in [0.25, 0.3) is 0 Å². The van der Waals surface area contributed by atoms with Crippen molar-refractivity contribution in [1.29, 1.82) is 0 Å². The number of pyridine rings is 1. The third-order valence-corrected chi connectivity index (χ3v) is 4.10. The van der Waals surface area contributed by atoms with E-state index < -0.39 is 3.79 Å². The van der Waals surface area contributed by atoms with Gasteiger partial charge < -0.3 is 9.88 Å². The molecular weight excluding hydrogens is 319 g/mol. The molecule has 0 bridgehead atoms. The van der Waals surface area contributed by atoms with Crippen molar-refractivity contribution in [1.82, 2.24) is 19.9 Å². The average Bonchev–Trinajstić information content (AvgIpc) is 2.78. The van der Waals surface area contributed by atoms with Crippen LogP contribution in [0.25, 0.3) is 11.2 Å². The van der Waals surface area contributed by atoms with Gasteiger partial charge in [-0.25, -0.2) is 9.97 Å². The van der Waals surface area contributed by atoms with Gasteiger partial charge in [0.2, 0.25) is 3.79 Å². The highest BCUT2D eigenvalue weighted by atomic mass is 35.6. The second-order valence-electron chi connectivity index (χ2n) is 5.14. The molecule has 108 valence electrons. The first kappa shape index (κ1) is 14.4. The van der Waals surface area contributed by atoms with E-state index in [4.69, 9.17) is 34.8 Å². The van der Waals surface area contributed by atoms with Crippen LogP contribution in [0.3, 0.4) is 0 Å². The molecule has 0 aliphatic carbocycles. The molecule has 2 aromatic rings. The van der Waals surface area contributed by atoms with Crippen LogP contribution in [0.5, 0.6) is 0 Å². The first-order valence-corrected chi connectivity index (χ1v) is 7.72. The average molecular weight is 334 g/mol. The Kier molecular flexibility index (Phi) is 3.84. The Hall–Kier alpha value is -0.550. The van der Waals surface area contributed by atoms with E-state index in [1.54, 1.807) is 0 Å². The molecule has 1 fully saturated rings. The van der Waals surface area contributed by atoms with Gasteiger partial charge in [-0.2, -0.15) is 0 Å². The maximum absolute atomic E-state index is 6.10. The van der Waals surface area contributed by atoms with E-state index in [0.29, 0.717) is 5.82 Å². The summed E-state index contributed by atoms with van der Waals surface area (Å²) in [7, 11) is 0. The molecule has 3 rings (SSSR count). The van der Waals surface area contributed by atoms with Crippen molar-refractivity contribution in [2.75, 3.05) is 13.1 Å². The molecule has 0 amide bonds. The van der Waals surface area contributed by atoms with E-state index in [1.165, 1.54) is 0 Å². The van der Waals surface area contributed by atoms with Gasteiger partial charge in [-0.3, -0.25) is 0 Å². The molecule has 0 radical (unpaired) electrons. The summed E-state index contributed by atoms with van der Waals surface area (Å²) in [6.07, 6.45) is 3.78. The lowest BCUT2D eigenvalue weighted by molar-refractivity contribution is 0.366. The lowest BCUT2D eigenvalue weighted by Crippen LogP contribution is -2.31. The number of piperidine rings is 1. The van der Waals surface area contributed by atoms with Crippen molar-refractivity contribution < 1.29 is 0 Å². The standard InChI is InChI=1S/C13H15Cl3N4/c1-8-6-10-11(18-7-8)20(9-2-4-17-5-3-9)12(19-10)13(14,15)16/h6-7,9,17H,2-5H2,1H3. The number of hydrogen-bond donors (Lipinski definition) is 1. The van der Waals surface area contributed by atoms with Crippen molar-refractivity contribution in [2.24, 2.45) is 0 Å². The number of halogens is 3. The number of fused-ring (bicyclic) bond motifs is 1. The number of rotatable bonds is 1. The second kappa shape index (κ2) is 5.34. The minimum Gasteiger partial charge on any atom is -0.317 e. The van der Waals surface area contributed by atoms with Crippen molar-refractivity contribution in [3.05, 3.63) is 23.7 Å². The van der Waals surface area contributed by atoms with Gasteiger partial charge in [-0.15, -0.1) is 0 Å². The van der Waals surface area contributed by atoms with Crippen LogP contribution in [0.4, 0.5) is 0 Å². The Morgan fingerprint density at radius 1 is 1.30 bits per heavy atom. The normalized spacial score (nSPS) is 17.8. The summed E-state index contributed by atoms with van der Waals surface area (Å²) in [5.41, 5.74) is 2.62. The molecule has 1 aliphatic heterocycles. The third-order valence-electron chi connectivity index (χ3n) is 3.59. The highest BCUT2D eigenvalue weighted by molar-refractivity contribution is 6.66. The fraction of sp³-hybridized carbons (Fsp3) is 0.538. The Morgan fingerprint density at radius 2 is 2.00 bits per heavy atom. The van der Waals surface area contributed by atoms with Crippen molar-refractivity contribution >= 4 is 46.0 Å². The number of alkyl halides is 3. The summed E-state index contributed by atoms with van der Waals surface area (Å²) in [4.78, 5) is 9.00. The van der Waals surface area contributed by atoms with Crippen LogP contribution >= 0.6 is 34.8 Å². The van der Waals surface area contributed by atoms with Crippen LogP contribution in [0.2, 0.25) is 0 Å². The Labute approximate surface area is 132 Å². The second-order valence-corrected chi connectivity index (χ2v) is 7.42. The van der Waals surface area contributed by atoms with Gasteiger partial charge in [0, 0.05) is 12.2 Å². The van der Waals surface area contributed by atoms with Gasteiger partial charge in [-0.1, -0.05) is 34.8 Å². The molecule has 3 heterocycles. The quantitative estimate of drug-likeness (QED) is 0.812. The summed E-state index contributed by atoms with van der Waals surface area (Å²) >= 11 is 18.3. The predicted octanol–water partition coefficient (Wildman–Crippen LogP) is 3.49. The number of nitrogens with one attached hydrogen (secondary N) is 1. The van der Waals surface area contributed by atoms with Crippen molar-refractivity contribution in [2.45, 2.75) is 29.6 Å². The van der Waals surface area contributed by atoms with Gasteiger partial charge in [0.1, 0.15) is 5.52 Å². The molecule has 0 unspecified atom stereocenters. The monoisotopic (exact) mass is 332 g/mol. The molecule has 4 nitrogen and oxygen atoms in total. The number of hydrogen-bond acceptors (Lipinski definition) is 3. The summed E-state index contributed by atoms with van der Waals surface area (Å²) in [5, 5.41) is 3.34. The molecule has 0 aromatic carbocycles. The summed E-state index contributed by atoms with van der Waals surface area (Å²) < 4.78 is 0.460. The Balaban J connectivity index is 2.20. The number of aromatic nitrogens is 3. The zero-order valence-corrected chi connectivity index (χ0v) is 13.3. The smallest absolute Gasteiger partial charge is 0.248 e. The topological polar surface area (TPSA) is 42.7 Å². The highest BCUT2D eigenvalue weighted by Crippen LogP contribution is 2.41. The van der Waals surface area contributed by atoms with Crippen LogP contribution in [-0.2, 0) is 3.79 Å². The molecule has 0 saturated carbocycles. The summed E-state index contributed by atoms with van der Waals surface area (Å²) in [6, 6.07) is 2.24. The molecule has 1 aliphatic rings. The first-order valence-electron chi connectivity index (χ1n) is 6.59. The molecule has 2 aromatic heterocycles. The zero-order valence-electron chi connectivity index (χ0n) is 11.0. The van der Waals surface area contributed by atoms with Crippen LogP contribution in [0.1, 0.15) is 30.3 Å². The Bertz CT molecular complexity index is 626. The maximum atomic E-state index is 6.10. The van der Waals surface area contributed by atoms with Gasteiger partial charge >= 0.3 is 0 Å². The van der Waals surface area contributed by atoms with E-state index in [9.17, 15) is 0 Å². The molecule has 0 spiro atoms. The minimum absolute atomic E-state index is 0.266. The Morgan fingerprint density at radius 3 is 2.65 bits per heavy atom. The lowest BCUT2D eigenvalue weighted by Gasteiger charge is -2.27. The van der Waals surface area contributed by atoms with Crippen LogP contribution in [0.15, 0.2) is 12.3 Å². The number of nitrogens with zero attached hydrogens (tertiary/aromatic N) is 3. The summed E-state index contributed by atoms with van der Waals surface area (Å²) in [6.45, 7) is 3.88. The van der Waals surface area contributed by atoms with Crippen molar-refractivity contribution in [3.8, 4) is 0 Å². The third kappa shape index (κ3) is 2.62. The SMILES string of the molecule is Cc1cnc2c(c1)nc(C(Cl)(Cl)Cl)n2C1CCNCC1. The molecular formula is C13H15Cl3N4. The van der Waals surface area contributed by atoms with Crippen molar-refractivity contribution in [3.63, 3.8) is 0 Å². The maximum Gasteiger partial charge on any atom is 0.248 e. The summed E-state index contributed by atoms with van der Waals surface area (Å²) in [5.74, 6) is 0.461. The van der Waals surface area contributed by atoms with E-state index in [0.717, 1.165) is 42.7 Å². The van der Waals surface area contributed by atoms with Gasteiger partial charge in [0.05, 0.1) is 0 Å². The first-order chi connectivity index (χ1) is 9.47.